The van der Waals surface area contributed by atoms with E-state index in [9.17, 15) is 4.79 Å². The molecule has 0 aliphatic heterocycles. The zero-order valence-electron chi connectivity index (χ0n) is 7.24. The van der Waals surface area contributed by atoms with Crippen LogP contribution >= 0.6 is 0 Å². The highest BCUT2D eigenvalue weighted by Crippen LogP contribution is 2.05. The molecule has 0 saturated heterocycles. The molecule has 0 radical (unpaired) electrons. The van der Waals surface area contributed by atoms with Crippen molar-refractivity contribution in [2.24, 2.45) is 0 Å². The van der Waals surface area contributed by atoms with E-state index in [-0.39, 0.29) is 24.2 Å². The molecule has 6 heteroatoms. The summed E-state index contributed by atoms with van der Waals surface area (Å²) in [5.74, 6) is -0.364. The van der Waals surface area contributed by atoms with Gasteiger partial charge in [-0.1, -0.05) is 0 Å². The van der Waals surface area contributed by atoms with Crippen molar-refractivity contribution in [2.45, 2.75) is 13.0 Å². The Labute approximate surface area is 75.1 Å². The number of nitrogens with zero attached hydrogens (tertiary/aromatic N) is 1. The summed E-state index contributed by atoms with van der Waals surface area (Å²) in [4.78, 5) is 11.3. The molecule has 0 spiro atoms. The van der Waals surface area contributed by atoms with Crippen molar-refractivity contribution >= 4 is 11.6 Å². The van der Waals surface area contributed by atoms with Crippen molar-refractivity contribution in [3.63, 3.8) is 0 Å². The first-order valence-corrected chi connectivity index (χ1v) is 3.85. The SMILES string of the molecule is C[C@H](CO)NC(=O)c1[nH]ncc1N. The molecule has 0 bridgehead atoms. The topological polar surface area (TPSA) is 104 Å². The van der Waals surface area contributed by atoms with Gasteiger partial charge >= 0.3 is 0 Å². The predicted octanol–water partition coefficient (Wildman–Crippen LogP) is -0.897. The average molecular weight is 184 g/mol. The molecule has 5 N–H and O–H groups in total. The summed E-state index contributed by atoms with van der Waals surface area (Å²) < 4.78 is 0. The number of nitrogen functional groups attached to an aromatic ring is 1. The van der Waals surface area contributed by atoms with Crippen molar-refractivity contribution in [2.75, 3.05) is 12.3 Å². The molecular formula is C7H12N4O2. The Kier molecular flexibility index (Phi) is 2.86. The van der Waals surface area contributed by atoms with Gasteiger partial charge in [-0.3, -0.25) is 9.89 Å². The summed E-state index contributed by atoms with van der Waals surface area (Å²) in [6, 6.07) is -0.296. The van der Waals surface area contributed by atoms with Gasteiger partial charge < -0.3 is 16.2 Å². The molecule has 0 unspecified atom stereocenters. The fourth-order valence-corrected chi connectivity index (χ4v) is 0.819. The minimum atomic E-state index is -0.364. The molecule has 1 heterocycles. The quantitative estimate of drug-likeness (QED) is 0.488. The summed E-state index contributed by atoms with van der Waals surface area (Å²) in [7, 11) is 0. The first kappa shape index (κ1) is 9.53. The molecule has 0 fully saturated rings. The molecular weight excluding hydrogens is 172 g/mol. The van der Waals surface area contributed by atoms with Gasteiger partial charge in [0.15, 0.2) is 0 Å². The fourth-order valence-electron chi connectivity index (χ4n) is 0.819. The van der Waals surface area contributed by atoms with Gasteiger partial charge in [-0.2, -0.15) is 5.10 Å². The molecule has 72 valence electrons. The minimum Gasteiger partial charge on any atom is -0.396 e. The molecule has 1 atom stereocenters. The van der Waals surface area contributed by atoms with Crippen LogP contribution in [0.5, 0.6) is 0 Å². The van der Waals surface area contributed by atoms with Gasteiger partial charge in [0.05, 0.1) is 18.5 Å². The lowest BCUT2D eigenvalue weighted by molar-refractivity contribution is 0.0918. The number of carbonyl (C=O) groups is 1. The van der Waals surface area contributed by atoms with E-state index in [1.165, 1.54) is 6.20 Å². The lowest BCUT2D eigenvalue weighted by Gasteiger charge is -2.09. The number of aliphatic hydroxyl groups is 1. The lowest BCUT2D eigenvalue weighted by Crippen LogP contribution is -2.35. The standard InChI is InChI=1S/C7H12N4O2/c1-4(3-12)10-7(13)6-5(8)2-9-11-6/h2,4,12H,3,8H2,1H3,(H,9,11)(H,10,13)/t4-/m1/s1. The Balaban J connectivity index is 2.64. The van der Waals surface area contributed by atoms with Crippen LogP contribution in [-0.4, -0.2) is 33.9 Å². The number of aromatic nitrogens is 2. The summed E-state index contributed by atoms with van der Waals surface area (Å²) in [5, 5.41) is 17.3. The third-order valence-corrected chi connectivity index (χ3v) is 1.55. The Morgan fingerprint density at radius 1 is 1.92 bits per heavy atom. The van der Waals surface area contributed by atoms with Gasteiger partial charge in [-0.05, 0) is 6.92 Å². The minimum absolute atomic E-state index is 0.111. The van der Waals surface area contributed by atoms with E-state index in [1.807, 2.05) is 0 Å². The summed E-state index contributed by atoms with van der Waals surface area (Å²) in [6.07, 6.45) is 1.36. The lowest BCUT2D eigenvalue weighted by atomic mass is 10.3. The largest absolute Gasteiger partial charge is 0.396 e. The van der Waals surface area contributed by atoms with E-state index in [0.29, 0.717) is 5.69 Å². The number of H-pyrrole nitrogens is 1. The zero-order valence-corrected chi connectivity index (χ0v) is 7.24. The maximum absolute atomic E-state index is 11.3. The average Bonchev–Trinajstić information content (AvgIpc) is 2.51. The molecule has 0 aliphatic rings. The smallest absolute Gasteiger partial charge is 0.271 e. The van der Waals surface area contributed by atoms with E-state index in [0.717, 1.165) is 0 Å². The van der Waals surface area contributed by atoms with Gasteiger partial charge in [0, 0.05) is 6.04 Å². The Bertz CT molecular complexity index is 296. The molecule has 1 aromatic heterocycles. The second-order valence-electron chi connectivity index (χ2n) is 2.76. The van der Waals surface area contributed by atoms with Crippen LogP contribution in [0.25, 0.3) is 0 Å². The van der Waals surface area contributed by atoms with Crippen molar-refractivity contribution in [3.05, 3.63) is 11.9 Å². The van der Waals surface area contributed by atoms with Crippen molar-refractivity contribution in [3.8, 4) is 0 Å². The number of carbonyl (C=O) groups excluding carboxylic acids is 1. The molecule has 13 heavy (non-hydrogen) atoms. The van der Waals surface area contributed by atoms with Crippen LogP contribution in [0.15, 0.2) is 6.20 Å². The van der Waals surface area contributed by atoms with Crippen LogP contribution in [0.2, 0.25) is 0 Å². The molecule has 0 saturated carbocycles. The number of aliphatic hydroxyl groups excluding tert-OH is 1. The Morgan fingerprint density at radius 3 is 3.08 bits per heavy atom. The molecule has 0 aliphatic carbocycles. The van der Waals surface area contributed by atoms with Crippen molar-refractivity contribution in [1.29, 1.82) is 0 Å². The van der Waals surface area contributed by atoms with Gasteiger partial charge in [0.25, 0.3) is 5.91 Å². The highest BCUT2D eigenvalue weighted by molar-refractivity contribution is 5.97. The monoisotopic (exact) mass is 184 g/mol. The Morgan fingerprint density at radius 2 is 2.62 bits per heavy atom. The van der Waals surface area contributed by atoms with Gasteiger partial charge in [-0.15, -0.1) is 0 Å². The van der Waals surface area contributed by atoms with Crippen LogP contribution in [-0.2, 0) is 0 Å². The van der Waals surface area contributed by atoms with E-state index in [2.05, 4.69) is 15.5 Å². The van der Waals surface area contributed by atoms with Crippen LogP contribution in [0.3, 0.4) is 0 Å². The number of aromatic amines is 1. The van der Waals surface area contributed by atoms with E-state index < -0.39 is 0 Å². The van der Waals surface area contributed by atoms with Crippen LogP contribution in [0.4, 0.5) is 5.69 Å². The number of anilines is 1. The predicted molar refractivity (Wildman–Crippen MR) is 47.0 cm³/mol. The molecule has 1 rings (SSSR count). The molecule has 6 nitrogen and oxygen atoms in total. The van der Waals surface area contributed by atoms with Crippen molar-refractivity contribution in [1.82, 2.24) is 15.5 Å². The second-order valence-corrected chi connectivity index (χ2v) is 2.76. The normalized spacial score (nSPS) is 12.5. The Hall–Kier alpha value is -1.56. The van der Waals surface area contributed by atoms with Gasteiger partial charge in [0.2, 0.25) is 0 Å². The molecule has 1 amide bonds. The first-order chi connectivity index (χ1) is 6.15. The van der Waals surface area contributed by atoms with Crippen molar-refractivity contribution < 1.29 is 9.90 Å². The second kappa shape index (κ2) is 3.90. The zero-order chi connectivity index (χ0) is 9.84. The van der Waals surface area contributed by atoms with Gasteiger partial charge in [0.1, 0.15) is 5.69 Å². The number of hydrogen-bond acceptors (Lipinski definition) is 4. The summed E-state index contributed by atoms with van der Waals surface area (Å²) >= 11 is 0. The van der Waals surface area contributed by atoms with Crippen LogP contribution in [0.1, 0.15) is 17.4 Å². The third kappa shape index (κ3) is 2.19. The third-order valence-electron chi connectivity index (χ3n) is 1.55. The highest BCUT2D eigenvalue weighted by atomic mass is 16.3. The number of nitrogens with two attached hydrogens (primary N) is 1. The van der Waals surface area contributed by atoms with E-state index in [4.69, 9.17) is 10.8 Å². The van der Waals surface area contributed by atoms with E-state index >= 15 is 0 Å². The van der Waals surface area contributed by atoms with Crippen LogP contribution < -0.4 is 11.1 Å². The number of hydrogen-bond donors (Lipinski definition) is 4. The first-order valence-electron chi connectivity index (χ1n) is 3.85. The summed E-state index contributed by atoms with van der Waals surface area (Å²) in [5.41, 5.74) is 5.96. The number of nitrogens with one attached hydrogen (secondary N) is 2. The number of amides is 1. The maximum atomic E-state index is 11.3. The highest BCUT2D eigenvalue weighted by Gasteiger charge is 2.13. The maximum Gasteiger partial charge on any atom is 0.271 e. The summed E-state index contributed by atoms with van der Waals surface area (Å²) in [6.45, 7) is 1.57. The fraction of sp³-hybridized carbons (Fsp3) is 0.429. The number of rotatable bonds is 3. The van der Waals surface area contributed by atoms with Gasteiger partial charge in [-0.25, -0.2) is 0 Å². The van der Waals surface area contributed by atoms with E-state index in [1.54, 1.807) is 6.92 Å². The molecule has 1 aromatic rings. The van der Waals surface area contributed by atoms with Crippen LogP contribution in [0, 0.1) is 0 Å². The molecule has 0 aromatic carbocycles.